The van der Waals surface area contributed by atoms with Crippen molar-refractivity contribution >= 4 is 5.91 Å². The minimum atomic E-state index is -0.0633. The number of aromatic nitrogens is 2. The number of carbonyl (C=O) groups excluding carboxylic acids is 1. The molecule has 0 spiro atoms. The van der Waals surface area contributed by atoms with E-state index < -0.39 is 0 Å². The van der Waals surface area contributed by atoms with Crippen molar-refractivity contribution < 1.29 is 14.6 Å². The van der Waals surface area contributed by atoms with Gasteiger partial charge in [0, 0.05) is 38.7 Å². The van der Waals surface area contributed by atoms with Gasteiger partial charge in [0.25, 0.3) is 5.91 Å². The van der Waals surface area contributed by atoms with E-state index in [1.807, 2.05) is 25.8 Å². The number of aliphatic hydroxyl groups excluding tert-OH is 1. The Morgan fingerprint density at radius 3 is 2.68 bits per heavy atom. The quantitative estimate of drug-likeness (QED) is 0.894. The van der Waals surface area contributed by atoms with Gasteiger partial charge in [-0.3, -0.25) is 9.48 Å². The highest BCUT2D eigenvalue weighted by molar-refractivity contribution is 5.94. The van der Waals surface area contributed by atoms with Gasteiger partial charge in [0.1, 0.15) is 5.69 Å². The van der Waals surface area contributed by atoms with Crippen molar-refractivity contribution in [2.75, 3.05) is 19.7 Å². The van der Waals surface area contributed by atoms with Gasteiger partial charge in [-0.15, -0.1) is 0 Å². The normalized spacial score (nSPS) is 26.1. The number of ether oxygens (including phenoxy) is 1. The van der Waals surface area contributed by atoms with Gasteiger partial charge >= 0.3 is 0 Å². The van der Waals surface area contributed by atoms with Crippen LogP contribution in [0.5, 0.6) is 0 Å². The summed E-state index contributed by atoms with van der Waals surface area (Å²) in [6.45, 7) is 5.67. The van der Waals surface area contributed by atoms with Crippen molar-refractivity contribution in [2.24, 2.45) is 13.0 Å². The molecule has 1 N–H and O–H groups in total. The van der Waals surface area contributed by atoms with Crippen molar-refractivity contribution in [2.45, 2.75) is 45.3 Å². The fourth-order valence-electron chi connectivity index (χ4n) is 3.60. The molecule has 3 rings (SSSR count). The molecule has 6 nitrogen and oxygen atoms in total. The van der Waals surface area contributed by atoms with Crippen LogP contribution in [0.25, 0.3) is 0 Å². The van der Waals surface area contributed by atoms with E-state index >= 15 is 0 Å². The van der Waals surface area contributed by atoms with E-state index in [4.69, 9.17) is 4.74 Å². The Labute approximate surface area is 131 Å². The molecule has 1 aromatic rings. The highest BCUT2D eigenvalue weighted by Crippen LogP contribution is 2.32. The number of hydrogen-bond acceptors (Lipinski definition) is 4. The van der Waals surface area contributed by atoms with Crippen LogP contribution in [-0.2, 0) is 18.2 Å². The van der Waals surface area contributed by atoms with Gasteiger partial charge in [-0.2, -0.15) is 5.10 Å². The van der Waals surface area contributed by atoms with Gasteiger partial charge < -0.3 is 14.7 Å². The first-order valence-corrected chi connectivity index (χ1v) is 8.12. The Morgan fingerprint density at radius 2 is 2.05 bits per heavy atom. The number of aliphatic hydroxyl groups is 1. The van der Waals surface area contributed by atoms with Crippen LogP contribution < -0.4 is 0 Å². The fourth-order valence-corrected chi connectivity index (χ4v) is 3.60. The first-order valence-electron chi connectivity index (χ1n) is 8.12. The summed E-state index contributed by atoms with van der Waals surface area (Å²) < 4.78 is 7.52. The van der Waals surface area contributed by atoms with Crippen LogP contribution in [0.4, 0.5) is 0 Å². The minimum Gasteiger partial charge on any atom is -0.396 e. The number of aryl methyl sites for hydroxylation is 1. The summed E-state index contributed by atoms with van der Waals surface area (Å²) in [6, 6.07) is 0. The molecular weight excluding hydrogens is 282 g/mol. The summed E-state index contributed by atoms with van der Waals surface area (Å²) in [5, 5.41) is 13.7. The molecule has 0 aromatic carbocycles. The summed E-state index contributed by atoms with van der Waals surface area (Å²) in [5.41, 5.74) is 2.65. The number of nitrogens with zero attached hydrogens (tertiary/aromatic N) is 3. The predicted molar refractivity (Wildman–Crippen MR) is 81.6 cm³/mol. The van der Waals surface area contributed by atoms with Gasteiger partial charge in [-0.25, -0.2) is 0 Å². The Kier molecular flexibility index (Phi) is 4.23. The predicted octanol–water partition coefficient (Wildman–Crippen LogP) is 1.29. The first-order chi connectivity index (χ1) is 10.5. The van der Waals surface area contributed by atoms with Gasteiger partial charge in [-0.1, -0.05) is 0 Å². The van der Waals surface area contributed by atoms with Crippen molar-refractivity contribution in [1.82, 2.24) is 14.7 Å². The third kappa shape index (κ3) is 2.65. The standard InChI is InChI=1S/C16H25N3O3/c1-10-8-13-14(11(2)22-10)17-18(3)15(13)16(21)19-6-4-12(9-20)5-7-19/h10-12,20H,4-9H2,1-3H3/t10-,11+/m1/s1. The highest BCUT2D eigenvalue weighted by atomic mass is 16.5. The maximum Gasteiger partial charge on any atom is 0.272 e. The van der Waals surface area contributed by atoms with Gasteiger partial charge in [0.15, 0.2) is 0 Å². The molecule has 2 atom stereocenters. The van der Waals surface area contributed by atoms with E-state index in [2.05, 4.69) is 5.10 Å². The lowest BCUT2D eigenvalue weighted by Crippen LogP contribution is -2.40. The molecule has 122 valence electrons. The van der Waals surface area contributed by atoms with Crippen LogP contribution in [-0.4, -0.2) is 51.5 Å². The molecule has 22 heavy (non-hydrogen) atoms. The lowest BCUT2D eigenvalue weighted by atomic mass is 9.96. The molecule has 2 aliphatic heterocycles. The molecule has 1 aromatic heterocycles. The summed E-state index contributed by atoms with van der Waals surface area (Å²) in [6.07, 6.45) is 2.53. The van der Waals surface area contributed by atoms with Crippen LogP contribution in [0, 0.1) is 5.92 Å². The third-order valence-corrected chi connectivity index (χ3v) is 4.85. The molecule has 0 aliphatic carbocycles. The first kappa shape index (κ1) is 15.5. The number of likely N-dealkylation sites (tertiary alicyclic amines) is 1. The Bertz CT molecular complexity index is 561. The molecule has 1 amide bonds. The van der Waals surface area contributed by atoms with E-state index in [0.29, 0.717) is 24.7 Å². The minimum absolute atomic E-state index is 0.0633. The van der Waals surface area contributed by atoms with Gasteiger partial charge in [0.2, 0.25) is 0 Å². The molecule has 0 saturated carbocycles. The number of amides is 1. The lowest BCUT2D eigenvalue weighted by molar-refractivity contribution is -0.00715. The number of fused-ring (bicyclic) bond motifs is 1. The van der Waals surface area contributed by atoms with Crippen LogP contribution in [0.1, 0.15) is 54.5 Å². The lowest BCUT2D eigenvalue weighted by Gasteiger charge is -2.31. The van der Waals surface area contributed by atoms with Crippen molar-refractivity contribution in [1.29, 1.82) is 0 Å². The second-order valence-electron chi connectivity index (χ2n) is 6.55. The van der Waals surface area contributed by atoms with Gasteiger partial charge in [0.05, 0.1) is 17.9 Å². The molecule has 1 saturated heterocycles. The Hall–Kier alpha value is -1.40. The highest BCUT2D eigenvalue weighted by Gasteiger charge is 2.33. The van der Waals surface area contributed by atoms with E-state index in [-0.39, 0.29) is 24.7 Å². The van der Waals surface area contributed by atoms with E-state index in [1.165, 1.54) is 0 Å². The fraction of sp³-hybridized carbons (Fsp3) is 0.750. The topological polar surface area (TPSA) is 67.6 Å². The number of hydrogen-bond donors (Lipinski definition) is 1. The van der Waals surface area contributed by atoms with Crippen LogP contribution >= 0.6 is 0 Å². The molecule has 2 aliphatic rings. The zero-order valence-electron chi connectivity index (χ0n) is 13.6. The summed E-state index contributed by atoms with van der Waals surface area (Å²) >= 11 is 0. The monoisotopic (exact) mass is 307 g/mol. The maximum absolute atomic E-state index is 12.9. The third-order valence-electron chi connectivity index (χ3n) is 4.85. The molecule has 3 heterocycles. The summed E-state index contributed by atoms with van der Waals surface area (Å²) in [4.78, 5) is 14.8. The van der Waals surface area contributed by atoms with E-state index in [0.717, 1.165) is 30.5 Å². The number of carbonyl (C=O) groups is 1. The number of piperidine rings is 1. The van der Waals surface area contributed by atoms with Crippen molar-refractivity contribution in [3.63, 3.8) is 0 Å². The summed E-state index contributed by atoms with van der Waals surface area (Å²) in [5.74, 6) is 0.395. The smallest absolute Gasteiger partial charge is 0.272 e. The molecule has 6 heteroatoms. The number of rotatable bonds is 2. The summed E-state index contributed by atoms with van der Waals surface area (Å²) in [7, 11) is 1.84. The molecule has 0 radical (unpaired) electrons. The van der Waals surface area contributed by atoms with E-state index in [1.54, 1.807) is 4.68 Å². The average Bonchev–Trinajstić information content (AvgIpc) is 2.83. The van der Waals surface area contributed by atoms with Gasteiger partial charge in [-0.05, 0) is 32.6 Å². The van der Waals surface area contributed by atoms with E-state index in [9.17, 15) is 9.90 Å². The van der Waals surface area contributed by atoms with Crippen LogP contribution in [0.15, 0.2) is 0 Å². The maximum atomic E-state index is 12.9. The Morgan fingerprint density at radius 1 is 1.36 bits per heavy atom. The van der Waals surface area contributed by atoms with Crippen LogP contribution in [0.3, 0.4) is 0 Å². The van der Waals surface area contributed by atoms with Crippen molar-refractivity contribution in [3.05, 3.63) is 17.0 Å². The van der Waals surface area contributed by atoms with Crippen LogP contribution in [0.2, 0.25) is 0 Å². The van der Waals surface area contributed by atoms with Crippen molar-refractivity contribution in [3.8, 4) is 0 Å². The zero-order chi connectivity index (χ0) is 15.9. The molecule has 0 bridgehead atoms. The second-order valence-corrected chi connectivity index (χ2v) is 6.55. The zero-order valence-corrected chi connectivity index (χ0v) is 13.6. The Balaban J connectivity index is 1.84. The molecular formula is C16H25N3O3. The molecule has 1 fully saturated rings. The second kappa shape index (κ2) is 6.01. The SMILES string of the molecule is C[C@@H]1Cc2c(nn(C)c2C(=O)N2CCC(CO)CC2)[C@H](C)O1. The molecule has 0 unspecified atom stereocenters. The largest absolute Gasteiger partial charge is 0.396 e. The average molecular weight is 307 g/mol.